The summed E-state index contributed by atoms with van der Waals surface area (Å²) in [5, 5.41) is 5.46. The first kappa shape index (κ1) is 11.3. The van der Waals surface area contributed by atoms with Crippen LogP contribution < -0.4 is 10.6 Å². The molecule has 3 heteroatoms. The SMILES string of the molecule is CCC1CCC(CNC(=O)NC)CC1. The molecule has 82 valence electrons. The topological polar surface area (TPSA) is 41.1 Å². The van der Waals surface area contributed by atoms with Gasteiger partial charge in [0, 0.05) is 13.6 Å². The Kier molecular flexibility index (Phi) is 4.77. The van der Waals surface area contributed by atoms with E-state index in [-0.39, 0.29) is 6.03 Å². The Morgan fingerprint density at radius 3 is 2.29 bits per heavy atom. The second-order valence-corrected chi connectivity index (χ2v) is 4.26. The van der Waals surface area contributed by atoms with E-state index in [2.05, 4.69) is 17.6 Å². The van der Waals surface area contributed by atoms with Crippen molar-refractivity contribution in [3.63, 3.8) is 0 Å². The summed E-state index contributed by atoms with van der Waals surface area (Å²) in [6.45, 7) is 3.11. The van der Waals surface area contributed by atoms with E-state index in [9.17, 15) is 4.79 Å². The molecular weight excluding hydrogens is 176 g/mol. The Labute approximate surface area is 86.6 Å². The van der Waals surface area contributed by atoms with Crippen LogP contribution in [0.5, 0.6) is 0 Å². The summed E-state index contributed by atoms with van der Waals surface area (Å²) in [6, 6.07) is -0.0531. The van der Waals surface area contributed by atoms with E-state index < -0.39 is 0 Å². The maximum absolute atomic E-state index is 11.0. The molecular formula is C11H22N2O. The summed E-state index contributed by atoms with van der Waals surface area (Å²) in [4.78, 5) is 11.0. The molecule has 0 bridgehead atoms. The quantitative estimate of drug-likeness (QED) is 0.716. The number of amides is 2. The van der Waals surface area contributed by atoms with Crippen molar-refractivity contribution in [3.8, 4) is 0 Å². The first-order chi connectivity index (χ1) is 6.76. The predicted molar refractivity (Wildman–Crippen MR) is 58.2 cm³/mol. The molecule has 2 amide bonds. The lowest BCUT2D eigenvalue weighted by Gasteiger charge is -2.27. The molecule has 0 aromatic heterocycles. The predicted octanol–water partition coefficient (Wildman–Crippen LogP) is 2.13. The Morgan fingerprint density at radius 2 is 1.79 bits per heavy atom. The van der Waals surface area contributed by atoms with Crippen LogP contribution in [0.25, 0.3) is 0 Å². The van der Waals surface area contributed by atoms with Gasteiger partial charge in [0.2, 0.25) is 0 Å². The van der Waals surface area contributed by atoms with E-state index in [1.807, 2.05) is 0 Å². The third kappa shape index (κ3) is 3.56. The Balaban J connectivity index is 2.13. The van der Waals surface area contributed by atoms with Crippen LogP contribution in [0.1, 0.15) is 39.0 Å². The van der Waals surface area contributed by atoms with Crippen molar-refractivity contribution in [2.24, 2.45) is 11.8 Å². The molecule has 3 nitrogen and oxygen atoms in total. The highest BCUT2D eigenvalue weighted by atomic mass is 16.2. The Morgan fingerprint density at radius 1 is 1.21 bits per heavy atom. The molecule has 1 rings (SSSR count). The fourth-order valence-corrected chi connectivity index (χ4v) is 2.17. The van der Waals surface area contributed by atoms with Crippen LogP contribution >= 0.6 is 0 Å². The number of hydrogen-bond acceptors (Lipinski definition) is 1. The molecule has 0 atom stereocenters. The first-order valence-electron chi connectivity index (χ1n) is 5.71. The summed E-state index contributed by atoms with van der Waals surface area (Å²) < 4.78 is 0. The molecule has 1 saturated carbocycles. The number of carbonyl (C=O) groups excluding carboxylic acids is 1. The molecule has 0 radical (unpaired) electrons. The van der Waals surface area contributed by atoms with E-state index in [1.165, 1.54) is 32.1 Å². The monoisotopic (exact) mass is 198 g/mol. The van der Waals surface area contributed by atoms with Crippen molar-refractivity contribution in [1.29, 1.82) is 0 Å². The van der Waals surface area contributed by atoms with Crippen molar-refractivity contribution in [2.45, 2.75) is 39.0 Å². The van der Waals surface area contributed by atoms with Crippen LogP contribution in [0.2, 0.25) is 0 Å². The molecule has 0 aromatic rings. The maximum Gasteiger partial charge on any atom is 0.314 e. The van der Waals surface area contributed by atoms with Gasteiger partial charge in [-0.05, 0) is 24.7 Å². The molecule has 1 aliphatic rings. The van der Waals surface area contributed by atoms with Gasteiger partial charge in [0.25, 0.3) is 0 Å². The molecule has 0 aliphatic heterocycles. The van der Waals surface area contributed by atoms with E-state index in [1.54, 1.807) is 7.05 Å². The molecule has 1 aliphatic carbocycles. The zero-order chi connectivity index (χ0) is 10.4. The zero-order valence-electron chi connectivity index (χ0n) is 9.31. The van der Waals surface area contributed by atoms with Crippen molar-refractivity contribution < 1.29 is 4.79 Å². The molecule has 2 N–H and O–H groups in total. The third-order valence-corrected chi connectivity index (χ3v) is 3.32. The number of nitrogens with one attached hydrogen (secondary N) is 2. The lowest BCUT2D eigenvalue weighted by molar-refractivity contribution is 0.231. The molecule has 0 unspecified atom stereocenters. The van der Waals surface area contributed by atoms with Crippen molar-refractivity contribution >= 4 is 6.03 Å². The van der Waals surface area contributed by atoms with Crippen molar-refractivity contribution in [1.82, 2.24) is 10.6 Å². The van der Waals surface area contributed by atoms with Gasteiger partial charge in [0.1, 0.15) is 0 Å². The van der Waals surface area contributed by atoms with Gasteiger partial charge in [0.05, 0.1) is 0 Å². The second-order valence-electron chi connectivity index (χ2n) is 4.26. The van der Waals surface area contributed by atoms with Gasteiger partial charge in [-0.3, -0.25) is 0 Å². The average molecular weight is 198 g/mol. The Bertz CT molecular complexity index is 174. The smallest absolute Gasteiger partial charge is 0.314 e. The van der Waals surface area contributed by atoms with Gasteiger partial charge in [-0.2, -0.15) is 0 Å². The highest BCUT2D eigenvalue weighted by Gasteiger charge is 2.19. The maximum atomic E-state index is 11.0. The molecule has 0 spiro atoms. The normalized spacial score (nSPS) is 27.0. The largest absolute Gasteiger partial charge is 0.341 e. The van der Waals surface area contributed by atoms with E-state index in [0.29, 0.717) is 5.92 Å². The minimum absolute atomic E-state index is 0.0531. The van der Waals surface area contributed by atoms with Crippen LogP contribution in [-0.2, 0) is 0 Å². The molecule has 0 saturated heterocycles. The molecule has 14 heavy (non-hydrogen) atoms. The van der Waals surface area contributed by atoms with Gasteiger partial charge >= 0.3 is 6.03 Å². The molecule has 1 fully saturated rings. The standard InChI is InChI=1S/C11H22N2O/c1-3-9-4-6-10(7-5-9)8-13-11(14)12-2/h9-10H,3-8H2,1-2H3,(H2,12,13,14). The number of carbonyl (C=O) groups is 1. The van der Waals surface area contributed by atoms with Gasteiger partial charge in [-0.25, -0.2) is 4.79 Å². The van der Waals surface area contributed by atoms with Gasteiger partial charge < -0.3 is 10.6 Å². The van der Waals surface area contributed by atoms with Crippen LogP contribution in [0.3, 0.4) is 0 Å². The third-order valence-electron chi connectivity index (χ3n) is 3.32. The second kappa shape index (κ2) is 5.89. The Hall–Kier alpha value is -0.730. The molecule has 0 aromatic carbocycles. The van der Waals surface area contributed by atoms with Crippen molar-refractivity contribution in [3.05, 3.63) is 0 Å². The lowest BCUT2D eigenvalue weighted by Crippen LogP contribution is -2.37. The first-order valence-corrected chi connectivity index (χ1v) is 5.71. The van der Waals surface area contributed by atoms with Gasteiger partial charge in [-0.1, -0.05) is 26.2 Å². The summed E-state index contributed by atoms with van der Waals surface area (Å²) in [5.74, 6) is 1.64. The van der Waals surface area contributed by atoms with Crippen LogP contribution in [0, 0.1) is 11.8 Å². The minimum Gasteiger partial charge on any atom is -0.341 e. The van der Waals surface area contributed by atoms with Gasteiger partial charge in [-0.15, -0.1) is 0 Å². The highest BCUT2D eigenvalue weighted by Crippen LogP contribution is 2.29. The lowest BCUT2D eigenvalue weighted by atomic mass is 9.81. The zero-order valence-corrected chi connectivity index (χ0v) is 9.31. The number of urea groups is 1. The van der Waals surface area contributed by atoms with Gasteiger partial charge in [0.15, 0.2) is 0 Å². The highest BCUT2D eigenvalue weighted by molar-refractivity contribution is 5.73. The van der Waals surface area contributed by atoms with Crippen LogP contribution in [0.15, 0.2) is 0 Å². The summed E-state index contributed by atoms with van der Waals surface area (Å²) in [7, 11) is 1.66. The fraction of sp³-hybridized carbons (Fsp3) is 0.909. The fourth-order valence-electron chi connectivity index (χ4n) is 2.17. The molecule has 0 heterocycles. The van der Waals surface area contributed by atoms with E-state index in [0.717, 1.165) is 12.5 Å². The summed E-state index contributed by atoms with van der Waals surface area (Å²) >= 11 is 0. The van der Waals surface area contributed by atoms with E-state index in [4.69, 9.17) is 0 Å². The average Bonchev–Trinajstić information content (AvgIpc) is 2.26. The van der Waals surface area contributed by atoms with E-state index >= 15 is 0 Å². The van der Waals surface area contributed by atoms with Crippen LogP contribution in [-0.4, -0.2) is 19.6 Å². The van der Waals surface area contributed by atoms with Crippen molar-refractivity contribution in [2.75, 3.05) is 13.6 Å². The summed E-state index contributed by atoms with van der Waals surface area (Å²) in [5.41, 5.74) is 0. The number of hydrogen-bond donors (Lipinski definition) is 2. The number of rotatable bonds is 3. The van der Waals surface area contributed by atoms with Crippen LogP contribution in [0.4, 0.5) is 4.79 Å². The minimum atomic E-state index is -0.0531. The summed E-state index contributed by atoms with van der Waals surface area (Å²) in [6.07, 6.45) is 6.56.